The number of hydrogen-bond donors (Lipinski definition) is 2. The van der Waals surface area contributed by atoms with Crippen molar-refractivity contribution in [1.82, 2.24) is 0 Å². The van der Waals surface area contributed by atoms with Crippen molar-refractivity contribution in [1.29, 1.82) is 0 Å². The topological polar surface area (TPSA) is 111 Å². The first kappa shape index (κ1) is 21.0. The number of methoxy groups -OCH3 is 1. The molecule has 0 heterocycles. The number of anilines is 2. The van der Waals surface area contributed by atoms with Gasteiger partial charge in [-0.2, -0.15) is 0 Å². The van der Waals surface area contributed by atoms with Crippen LogP contribution in [0.1, 0.15) is 36.9 Å². The lowest BCUT2D eigenvalue weighted by atomic mass is 10.1. The van der Waals surface area contributed by atoms with Gasteiger partial charge < -0.3 is 15.4 Å². The number of nitro groups is 1. The summed E-state index contributed by atoms with van der Waals surface area (Å²) in [6.07, 6.45) is 4.56. The molecule has 2 N–H and O–H groups in total. The third kappa shape index (κ3) is 5.44. The summed E-state index contributed by atoms with van der Waals surface area (Å²) >= 11 is 0. The predicted molar refractivity (Wildman–Crippen MR) is 114 cm³/mol. The molecule has 2 aromatic carbocycles. The quantitative estimate of drug-likeness (QED) is 0.291. The maximum absolute atomic E-state index is 11.8. The van der Waals surface area contributed by atoms with Gasteiger partial charge in [-0.15, -0.1) is 0 Å². The molecule has 1 aliphatic carbocycles. The second kappa shape index (κ2) is 9.21. The van der Waals surface area contributed by atoms with Crippen LogP contribution in [-0.4, -0.2) is 23.9 Å². The van der Waals surface area contributed by atoms with Gasteiger partial charge in [0.2, 0.25) is 5.91 Å². The number of carbonyl (C=O) groups is 2. The summed E-state index contributed by atoms with van der Waals surface area (Å²) in [7, 11) is 1.26. The highest BCUT2D eigenvalue weighted by Crippen LogP contribution is 2.31. The third-order valence-corrected chi connectivity index (χ3v) is 4.83. The Hall–Kier alpha value is -3.68. The number of rotatable bonds is 8. The largest absolute Gasteiger partial charge is 0.466 e. The molecule has 1 unspecified atom stereocenters. The molecule has 0 saturated heterocycles. The molecule has 1 amide bonds. The van der Waals surface area contributed by atoms with Crippen LogP contribution < -0.4 is 10.6 Å². The van der Waals surface area contributed by atoms with E-state index in [-0.39, 0.29) is 23.6 Å². The van der Waals surface area contributed by atoms with E-state index >= 15 is 0 Å². The predicted octanol–water partition coefficient (Wildman–Crippen LogP) is 4.30. The average Bonchev–Trinajstić information content (AvgIpc) is 3.58. The summed E-state index contributed by atoms with van der Waals surface area (Å²) in [4.78, 5) is 34.1. The van der Waals surface area contributed by atoms with Crippen LogP contribution in [0.3, 0.4) is 0 Å². The fraction of sp³-hybridized carbons (Fsp3) is 0.273. The Kier molecular flexibility index (Phi) is 6.46. The van der Waals surface area contributed by atoms with Gasteiger partial charge >= 0.3 is 5.97 Å². The van der Waals surface area contributed by atoms with Crippen molar-refractivity contribution in [3.63, 3.8) is 0 Å². The summed E-state index contributed by atoms with van der Waals surface area (Å²) < 4.78 is 4.52. The zero-order valence-electron chi connectivity index (χ0n) is 16.8. The maximum atomic E-state index is 11.8. The van der Waals surface area contributed by atoms with E-state index in [1.165, 1.54) is 25.3 Å². The van der Waals surface area contributed by atoms with E-state index in [4.69, 9.17) is 0 Å². The van der Waals surface area contributed by atoms with E-state index in [0.29, 0.717) is 11.3 Å². The smallest absolute Gasteiger partial charge is 0.330 e. The highest BCUT2D eigenvalue weighted by Gasteiger charge is 2.29. The molecule has 3 rings (SSSR count). The number of nitro benzene ring substituents is 1. The highest BCUT2D eigenvalue weighted by atomic mass is 16.6. The van der Waals surface area contributed by atoms with Gasteiger partial charge in [0.05, 0.1) is 12.0 Å². The molecule has 1 aliphatic rings. The lowest BCUT2D eigenvalue weighted by Gasteiger charge is -2.16. The maximum Gasteiger partial charge on any atom is 0.330 e. The van der Waals surface area contributed by atoms with Gasteiger partial charge in [0.15, 0.2) is 0 Å². The van der Waals surface area contributed by atoms with Gasteiger partial charge in [-0.25, -0.2) is 4.79 Å². The lowest BCUT2D eigenvalue weighted by molar-refractivity contribution is -0.384. The van der Waals surface area contributed by atoms with E-state index in [1.54, 1.807) is 12.1 Å². The van der Waals surface area contributed by atoms with E-state index in [0.717, 1.165) is 24.1 Å². The van der Waals surface area contributed by atoms with Crippen LogP contribution in [0.15, 0.2) is 48.5 Å². The van der Waals surface area contributed by atoms with Gasteiger partial charge in [0, 0.05) is 29.8 Å². The third-order valence-electron chi connectivity index (χ3n) is 4.83. The zero-order valence-corrected chi connectivity index (χ0v) is 16.8. The fourth-order valence-electron chi connectivity index (χ4n) is 2.92. The number of amides is 1. The summed E-state index contributed by atoms with van der Waals surface area (Å²) in [6.45, 7) is 1.90. The average molecular weight is 409 g/mol. The SMILES string of the molecule is COC(=O)/C=C/c1ccc(NC(C)c2ccc(NC(=O)C3CC3)cc2)c([N+](=O)[O-])c1. The second-order valence-electron chi connectivity index (χ2n) is 7.14. The van der Waals surface area contributed by atoms with Crippen molar-refractivity contribution >= 4 is 35.0 Å². The van der Waals surface area contributed by atoms with E-state index < -0.39 is 10.9 Å². The van der Waals surface area contributed by atoms with Crippen LogP contribution in [-0.2, 0) is 14.3 Å². The van der Waals surface area contributed by atoms with Crippen LogP contribution in [0, 0.1) is 16.0 Å². The lowest BCUT2D eigenvalue weighted by Crippen LogP contribution is -2.13. The Balaban J connectivity index is 1.71. The molecular weight excluding hydrogens is 386 g/mol. The van der Waals surface area contributed by atoms with Gasteiger partial charge in [0.25, 0.3) is 5.69 Å². The normalized spacial score (nSPS) is 14.2. The van der Waals surface area contributed by atoms with Gasteiger partial charge in [-0.3, -0.25) is 14.9 Å². The van der Waals surface area contributed by atoms with Gasteiger partial charge in [-0.1, -0.05) is 18.2 Å². The second-order valence-corrected chi connectivity index (χ2v) is 7.14. The number of nitrogens with one attached hydrogen (secondary N) is 2. The molecule has 1 fully saturated rings. The first-order chi connectivity index (χ1) is 14.4. The molecule has 8 nitrogen and oxygen atoms in total. The number of benzene rings is 2. The van der Waals surface area contributed by atoms with Crippen LogP contribution in [0.5, 0.6) is 0 Å². The van der Waals surface area contributed by atoms with Gasteiger partial charge in [-0.05, 0) is 55.2 Å². The van der Waals surface area contributed by atoms with Crippen LogP contribution in [0.25, 0.3) is 6.08 Å². The minimum absolute atomic E-state index is 0.0471. The molecule has 0 spiro atoms. The molecule has 0 bridgehead atoms. The first-order valence-corrected chi connectivity index (χ1v) is 9.59. The summed E-state index contributed by atoms with van der Waals surface area (Å²) in [5.74, 6) is -0.354. The molecule has 8 heteroatoms. The van der Waals surface area contributed by atoms with Crippen molar-refractivity contribution in [3.8, 4) is 0 Å². The van der Waals surface area contributed by atoms with E-state index in [2.05, 4.69) is 15.4 Å². The number of carbonyl (C=O) groups excluding carboxylic acids is 2. The molecule has 0 aliphatic heterocycles. The standard InChI is InChI=1S/C22H23N3O5/c1-14(16-7-9-18(10-8-16)24-22(27)17-5-6-17)23-19-11-3-15(4-12-21(26)30-2)13-20(19)25(28)29/h3-4,7-14,17,23H,5-6H2,1-2H3,(H,24,27)/b12-4+. The Labute approximate surface area is 174 Å². The molecule has 1 saturated carbocycles. The number of esters is 1. The molecule has 156 valence electrons. The Morgan fingerprint density at radius 1 is 1.20 bits per heavy atom. The molecule has 0 radical (unpaired) electrons. The summed E-state index contributed by atoms with van der Waals surface area (Å²) in [5, 5.41) is 17.5. The van der Waals surface area contributed by atoms with Gasteiger partial charge in [0.1, 0.15) is 5.69 Å². The molecule has 1 atom stereocenters. The van der Waals surface area contributed by atoms with Crippen LogP contribution >= 0.6 is 0 Å². The van der Waals surface area contributed by atoms with Crippen molar-refractivity contribution in [2.75, 3.05) is 17.7 Å². The monoisotopic (exact) mass is 409 g/mol. The Morgan fingerprint density at radius 3 is 2.50 bits per heavy atom. The van der Waals surface area contributed by atoms with Crippen molar-refractivity contribution < 1.29 is 19.2 Å². The Morgan fingerprint density at radius 2 is 1.90 bits per heavy atom. The number of nitrogens with zero attached hydrogens (tertiary/aromatic N) is 1. The van der Waals surface area contributed by atoms with Crippen molar-refractivity contribution in [3.05, 3.63) is 69.8 Å². The van der Waals surface area contributed by atoms with Crippen LogP contribution in [0.4, 0.5) is 17.1 Å². The minimum Gasteiger partial charge on any atom is -0.466 e. The zero-order chi connectivity index (χ0) is 21.7. The number of hydrogen-bond acceptors (Lipinski definition) is 6. The Bertz CT molecular complexity index is 981. The molecular formula is C22H23N3O5. The molecule has 2 aromatic rings. The number of ether oxygens (including phenoxy) is 1. The van der Waals surface area contributed by atoms with Crippen molar-refractivity contribution in [2.45, 2.75) is 25.8 Å². The van der Waals surface area contributed by atoms with Crippen molar-refractivity contribution in [2.24, 2.45) is 5.92 Å². The summed E-state index contributed by atoms with van der Waals surface area (Å²) in [5.41, 5.74) is 2.44. The fourth-order valence-corrected chi connectivity index (χ4v) is 2.92. The molecule has 30 heavy (non-hydrogen) atoms. The molecule has 0 aromatic heterocycles. The first-order valence-electron chi connectivity index (χ1n) is 9.59. The van der Waals surface area contributed by atoms with E-state index in [1.807, 2.05) is 31.2 Å². The summed E-state index contributed by atoms with van der Waals surface area (Å²) in [6, 6.07) is 11.9. The minimum atomic E-state index is -0.537. The van der Waals surface area contributed by atoms with Crippen LogP contribution in [0.2, 0.25) is 0 Å². The van der Waals surface area contributed by atoms with E-state index in [9.17, 15) is 19.7 Å². The highest BCUT2D eigenvalue weighted by molar-refractivity contribution is 5.94.